The lowest BCUT2D eigenvalue weighted by Crippen LogP contribution is -2.20. The molecular weight excluding hydrogens is 222 g/mol. The second-order valence-corrected chi connectivity index (χ2v) is 4.22. The van der Waals surface area contributed by atoms with Crippen LogP contribution in [-0.2, 0) is 6.54 Å². The van der Waals surface area contributed by atoms with E-state index in [2.05, 4.69) is 48.0 Å². The first kappa shape index (κ1) is 12.6. The number of anilines is 2. The zero-order valence-corrected chi connectivity index (χ0v) is 10.9. The van der Waals surface area contributed by atoms with Gasteiger partial charge < -0.3 is 10.6 Å². The average Bonchev–Trinajstić information content (AvgIpc) is 2.42. The molecule has 0 amide bonds. The number of para-hydroxylation sites is 1. The lowest BCUT2D eigenvalue weighted by molar-refractivity contribution is 0.944. The van der Waals surface area contributed by atoms with Crippen molar-refractivity contribution in [2.24, 2.45) is 5.73 Å². The fourth-order valence-electron chi connectivity index (χ4n) is 2.13. The number of hydrogen-bond acceptors (Lipinski definition) is 3. The van der Waals surface area contributed by atoms with Crippen molar-refractivity contribution in [2.75, 3.05) is 11.4 Å². The van der Waals surface area contributed by atoms with Crippen molar-refractivity contribution in [3.63, 3.8) is 0 Å². The van der Waals surface area contributed by atoms with Crippen LogP contribution in [0.5, 0.6) is 0 Å². The molecule has 1 heterocycles. The second-order valence-electron chi connectivity index (χ2n) is 4.22. The van der Waals surface area contributed by atoms with E-state index in [-0.39, 0.29) is 0 Å². The van der Waals surface area contributed by atoms with Crippen LogP contribution in [0.2, 0.25) is 0 Å². The minimum Gasteiger partial charge on any atom is -0.326 e. The van der Waals surface area contributed by atoms with Crippen LogP contribution in [0.1, 0.15) is 18.1 Å². The molecule has 0 aliphatic carbocycles. The van der Waals surface area contributed by atoms with Gasteiger partial charge in [-0.25, -0.2) is 4.98 Å². The van der Waals surface area contributed by atoms with E-state index < -0.39 is 0 Å². The maximum atomic E-state index is 5.79. The van der Waals surface area contributed by atoms with Crippen LogP contribution in [0.4, 0.5) is 11.5 Å². The SMILES string of the molecule is CCN(c1ccccc1C)c1ncccc1CN. The van der Waals surface area contributed by atoms with Gasteiger partial charge in [0.2, 0.25) is 0 Å². The van der Waals surface area contributed by atoms with Gasteiger partial charge in [-0.1, -0.05) is 24.3 Å². The Labute approximate surface area is 108 Å². The van der Waals surface area contributed by atoms with Gasteiger partial charge in [-0.3, -0.25) is 0 Å². The summed E-state index contributed by atoms with van der Waals surface area (Å²) in [5.74, 6) is 0.955. The first-order chi connectivity index (χ1) is 8.77. The van der Waals surface area contributed by atoms with E-state index >= 15 is 0 Å². The molecule has 3 nitrogen and oxygen atoms in total. The molecular formula is C15H19N3. The molecule has 0 spiro atoms. The van der Waals surface area contributed by atoms with Crippen molar-refractivity contribution < 1.29 is 0 Å². The normalized spacial score (nSPS) is 10.4. The van der Waals surface area contributed by atoms with Gasteiger partial charge in [-0.05, 0) is 31.5 Å². The van der Waals surface area contributed by atoms with Crippen molar-refractivity contribution in [3.8, 4) is 0 Å². The zero-order valence-electron chi connectivity index (χ0n) is 10.9. The molecule has 0 aliphatic heterocycles. The number of aromatic nitrogens is 1. The molecule has 94 valence electrons. The maximum absolute atomic E-state index is 5.79. The van der Waals surface area contributed by atoms with Gasteiger partial charge in [-0.15, -0.1) is 0 Å². The summed E-state index contributed by atoms with van der Waals surface area (Å²) in [6.45, 7) is 5.62. The summed E-state index contributed by atoms with van der Waals surface area (Å²) in [6, 6.07) is 12.3. The number of pyridine rings is 1. The maximum Gasteiger partial charge on any atom is 0.137 e. The van der Waals surface area contributed by atoms with E-state index in [1.165, 1.54) is 11.3 Å². The van der Waals surface area contributed by atoms with E-state index in [1.54, 1.807) is 0 Å². The minimum atomic E-state index is 0.506. The molecule has 1 aromatic carbocycles. The number of benzene rings is 1. The number of rotatable bonds is 4. The molecule has 1 aromatic heterocycles. The third-order valence-electron chi connectivity index (χ3n) is 3.07. The molecule has 2 aromatic rings. The molecule has 3 heteroatoms. The minimum absolute atomic E-state index is 0.506. The molecule has 0 saturated heterocycles. The summed E-state index contributed by atoms with van der Waals surface area (Å²) in [5.41, 5.74) is 9.30. The van der Waals surface area contributed by atoms with Crippen LogP contribution in [0.15, 0.2) is 42.6 Å². The van der Waals surface area contributed by atoms with Crippen LogP contribution in [0, 0.1) is 6.92 Å². The van der Waals surface area contributed by atoms with Gasteiger partial charge in [0.1, 0.15) is 5.82 Å². The summed E-state index contributed by atoms with van der Waals surface area (Å²) >= 11 is 0. The molecule has 2 rings (SSSR count). The number of nitrogens with two attached hydrogens (primary N) is 1. The van der Waals surface area contributed by atoms with E-state index in [1.807, 2.05) is 18.3 Å². The highest BCUT2D eigenvalue weighted by Crippen LogP contribution is 2.28. The first-order valence-electron chi connectivity index (χ1n) is 6.25. The predicted octanol–water partition coefficient (Wildman–Crippen LogP) is 3.01. The summed E-state index contributed by atoms with van der Waals surface area (Å²) < 4.78 is 0. The Balaban J connectivity index is 2.49. The number of aryl methyl sites for hydroxylation is 1. The lowest BCUT2D eigenvalue weighted by Gasteiger charge is -2.25. The van der Waals surface area contributed by atoms with Gasteiger partial charge in [0.15, 0.2) is 0 Å². The summed E-state index contributed by atoms with van der Waals surface area (Å²) in [4.78, 5) is 6.69. The average molecular weight is 241 g/mol. The van der Waals surface area contributed by atoms with E-state index in [0.717, 1.165) is 17.9 Å². The first-order valence-corrected chi connectivity index (χ1v) is 6.25. The number of hydrogen-bond donors (Lipinski definition) is 1. The Morgan fingerprint density at radius 1 is 1.17 bits per heavy atom. The van der Waals surface area contributed by atoms with E-state index in [4.69, 9.17) is 5.73 Å². The molecule has 0 radical (unpaired) electrons. The number of nitrogens with zero attached hydrogens (tertiary/aromatic N) is 2. The quantitative estimate of drug-likeness (QED) is 0.894. The van der Waals surface area contributed by atoms with Crippen LogP contribution in [-0.4, -0.2) is 11.5 Å². The fraction of sp³-hybridized carbons (Fsp3) is 0.267. The van der Waals surface area contributed by atoms with Crippen molar-refractivity contribution >= 4 is 11.5 Å². The Morgan fingerprint density at radius 2 is 1.94 bits per heavy atom. The van der Waals surface area contributed by atoms with Crippen molar-refractivity contribution in [3.05, 3.63) is 53.7 Å². The third-order valence-corrected chi connectivity index (χ3v) is 3.07. The Morgan fingerprint density at radius 3 is 2.61 bits per heavy atom. The standard InChI is InChI=1S/C15H19N3/c1-3-18(14-9-5-4-7-12(14)2)15-13(11-16)8-6-10-17-15/h4-10H,3,11,16H2,1-2H3. The van der Waals surface area contributed by atoms with E-state index in [9.17, 15) is 0 Å². The molecule has 0 aliphatic rings. The van der Waals surface area contributed by atoms with Gasteiger partial charge in [0.05, 0.1) is 0 Å². The van der Waals surface area contributed by atoms with Crippen LogP contribution >= 0.6 is 0 Å². The molecule has 18 heavy (non-hydrogen) atoms. The van der Waals surface area contributed by atoms with Crippen LogP contribution < -0.4 is 10.6 Å². The topological polar surface area (TPSA) is 42.2 Å². The molecule has 0 unspecified atom stereocenters. The van der Waals surface area contributed by atoms with E-state index in [0.29, 0.717) is 6.54 Å². The molecule has 0 atom stereocenters. The van der Waals surface area contributed by atoms with Gasteiger partial charge in [0, 0.05) is 30.5 Å². The van der Waals surface area contributed by atoms with Crippen molar-refractivity contribution in [1.82, 2.24) is 4.98 Å². The molecule has 0 fully saturated rings. The van der Waals surface area contributed by atoms with Gasteiger partial charge >= 0.3 is 0 Å². The summed E-state index contributed by atoms with van der Waals surface area (Å²) in [6.07, 6.45) is 1.81. The molecule has 0 saturated carbocycles. The summed E-state index contributed by atoms with van der Waals surface area (Å²) in [5, 5.41) is 0. The van der Waals surface area contributed by atoms with Crippen LogP contribution in [0.25, 0.3) is 0 Å². The smallest absolute Gasteiger partial charge is 0.137 e. The van der Waals surface area contributed by atoms with Crippen LogP contribution in [0.3, 0.4) is 0 Å². The fourth-order valence-corrected chi connectivity index (χ4v) is 2.13. The second kappa shape index (κ2) is 5.65. The van der Waals surface area contributed by atoms with Crippen molar-refractivity contribution in [2.45, 2.75) is 20.4 Å². The van der Waals surface area contributed by atoms with Crippen molar-refractivity contribution in [1.29, 1.82) is 0 Å². The Bertz CT molecular complexity index is 523. The highest BCUT2D eigenvalue weighted by molar-refractivity contribution is 5.65. The summed E-state index contributed by atoms with van der Waals surface area (Å²) in [7, 11) is 0. The molecule has 2 N–H and O–H groups in total. The monoisotopic (exact) mass is 241 g/mol. The highest BCUT2D eigenvalue weighted by Gasteiger charge is 2.13. The Hall–Kier alpha value is -1.87. The van der Waals surface area contributed by atoms with Gasteiger partial charge in [0.25, 0.3) is 0 Å². The lowest BCUT2D eigenvalue weighted by atomic mass is 10.1. The third kappa shape index (κ3) is 2.36. The highest BCUT2D eigenvalue weighted by atomic mass is 15.2. The zero-order chi connectivity index (χ0) is 13.0. The molecule has 0 bridgehead atoms. The largest absolute Gasteiger partial charge is 0.326 e. The predicted molar refractivity (Wildman–Crippen MR) is 76.0 cm³/mol. The van der Waals surface area contributed by atoms with Gasteiger partial charge in [-0.2, -0.15) is 0 Å². The Kier molecular flexibility index (Phi) is 3.95.